The van der Waals surface area contributed by atoms with Crippen LogP contribution in [-0.4, -0.2) is 22.2 Å². The van der Waals surface area contributed by atoms with Crippen molar-refractivity contribution >= 4 is 0 Å². The molecule has 78 valence electrons. The largest absolute Gasteiger partial charge is 0.481 e. The molecule has 0 aliphatic heterocycles. The van der Waals surface area contributed by atoms with Gasteiger partial charge >= 0.3 is 0 Å². The Balaban J connectivity index is 2.73. The monoisotopic (exact) mass is 196 g/mol. The molecule has 14 heavy (non-hydrogen) atoms. The predicted molar refractivity (Wildman–Crippen MR) is 53.0 cm³/mol. The molecule has 1 atom stereocenters. The Hall–Kier alpha value is -1.16. The van der Waals surface area contributed by atoms with Crippen molar-refractivity contribution in [3.8, 4) is 5.88 Å². The summed E-state index contributed by atoms with van der Waals surface area (Å²) in [6.07, 6.45) is 1.56. The van der Waals surface area contributed by atoms with Gasteiger partial charge in [-0.2, -0.15) is 0 Å². The summed E-state index contributed by atoms with van der Waals surface area (Å²) in [7, 11) is 1.54. The molecule has 0 fully saturated rings. The van der Waals surface area contributed by atoms with Crippen molar-refractivity contribution in [3.05, 3.63) is 18.1 Å². The molecule has 0 aliphatic carbocycles. The molecule has 0 bridgehead atoms. The summed E-state index contributed by atoms with van der Waals surface area (Å²) in [5.74, 6) is 0.920. The van der Waals surface area contributed by atoms with Crippen LogP contribution >= 0.6 is 0 Å². The lowest BCUT2D eigenvalue weighted by molar-refractivity contribution is 0.146. The molecule has 4 nitrogen and oxygen atoms in total. The van der Waals surface area contributed by atoms with Gasteiger partial charge in [-0.1, -0.05) is 13.8 Å². The SMILES string of the molecule is COc1cc(C(O)CC(C)C)ncn1. The Bertz CT molecular complexity index is 289. The van der Waals surface area contributed by atoms with Gasteiger partial charge in [0.25, 0.3) is 0 Å². The summed E-state index contributed by atoms with van der Waals surface area (Å²) in [6.45, 7) is 4.11. The Morgan fingerprint density at radius 2 is 2.14 bits per heavy atom. The molecule has 0 saturated carbocycles. The van der Waals surface area contributed by atoms with Crippen LogP contribution in [0.15, 0.2) is 12.4 Å². The highest BCUT2D eigenvalue weighted by Gasteiger charge is 2.11. The van der Waals surface area contributed by atoms with Crippen molar-refractivity contribution in [2.45, 2.75) is 26.4 Å². The Morgan fingerprint density at radius 1 is 1.43 bits per heavy atom. The highest BCUT2D eigenvalue weighted by Crippen LogP contribution is 2.20. The fraction of sp³-hybridized carbons (Fsp3) is 0.600. The van der Waals surface area contributed by atoms with E-state index in [2.05, 4.69) is 23.8 Å². The molecule has 0 amide bonds. The number of hydrogen-bond donors (Lipinski definition) is 1. The zero-order chi connectivity index (χ0) is 10.6. The van der Waals surface area contributed by atoms with Crippen LogP contribution in [0.25, 0.3) is 0 Å². The van der Waals surface area contributed by atoms with E-state index in [1.807, 2.05) is 0 Å². The van der Waals surface area contributed by atoms with Crippen LogP contribution < -0.4 is 4.74 Å². The average molecular weight is 196 g/mol. The molecule has 1 N–H and O–H groups in total. The number of hydrogen-bond acceptors (Lipinski definition) is 4. The first kappa shape index (κ1) is 10.9. The molecule has 1 aromatic heterocycles. The zero-order valence-electron chi connectivity index (χ0n) is 8.77. The lowest BCUT2D eigenvalue weighted by atomic mass is 10.0. The quantitative estimate of drug-likeness (QED) is 0.794. The second-order valence-corrected chi connectivity index (χ2v) is 3.63. The van der Waals surface area contributed by atoms with Gasteiger partial charge < -0.3 is 9.84 Å². The van der Waals surface area contributed by atoms with Crippen LogP contribution in [0.2, 0.25) is 0 Å². The molecule has 0 spiro atoms. The van der Waals surface area contributed by atoms with Crippen LogP contribution in [0, 0.1) is 5.92 Å². The van der Waals surface area contributed by atoms with E-state index in [0.29, 0.717) is 23.9 Å². The van der Waals surface area contributed by atoms with Crippen molar-refractivity contribution in [1.82, 2.24) is 9.97 Å². The van der Waals surface area contributed by atoms with Gasteiger partial charge in [0.2, 0.25) is 5.88 Å². The molecule has 4 heteroatoms. The second kappa shape index (κ2) is 4.91. The Morgan fingerprint density at radius 3 is 2.71 bits per heavy atom. The van der Waals surface area contributed by atoms with Crippen LogP contribution in [0.5, 0.6) is 5.88 Å². The molecule has 0 aliphatic rings. The van der Waals surface area contributed by atoms with Crippen LogP contribution in [-0.2, 0) is 0 Å². The third-order valence-electron chi connectivity index (χ3n) is 1.91. The predicted octanol–water partition coefficient (Wildman–Crippen LogP) is 1.56. The lowest BCUT2D eigenvalue weighted by Crippen LogP contribution is -2.05. The normalized spacial score (nSPS) is 12.9. The van der Waals surface area contributed by atoms with Gasteiger partial charge in [-0.25, -0.2) is 9.97 Å². The summed E-state index contributed by atoms with van der Waals surface area (Å²) in [4.78, 5) is 7.87. The summed E-state index contributed by atoms with van der Waals surface area (Å²) in [5.41, 5.74) is 0.616. The standard InChI is InChI=1S/C10H16N2O2/c1-7(2)4-9(13)8-5-10(14-3)12-6-11-8/h5-7,9,13H,4H2,1-3H3. The van der Waals surface area contributed by atoms with E-state index in [1.54, 1.807) is 13.2 Å². The topological polar surface area (TPSA) is 55.2 Å². The summed E-state index contributed by atoms with van der Waals surface area (Å²) < 4.78 is 4.95. The first-order chi connectivity index (χ1) is 6.63. The zero-order valence-corrected chi connectivity index (χ0v) is 8.77. The van der Waals surface area contributed by atoms with E-state index in [9.17, 15) is 5.11 Å². The van der Waals surface area contributed by atoms with Crippen molar-refractivity contribution < 1.29 is 9.84 Å². The molecule has 0 aromatic carbocycles. The molecule has 1 rings (SSSR count). The highest BCUT2D eigenvalue weighted by atomic mass is 16.5. The van der Waals surface area contributed by atoms with Crippen molar-refractivity contribution in [2.75, 3.05) is 7.11 Å². The van der Waals surface area contributed by atoms with E-state index >= 15 is 0 Å². The summed E-state index contributed by atoms with van der Waals surface area (Å²) >= 11 is 0. The van der Waals surface area contributed by atoms with Gasteiger partial charge in [0, 0.05) is 6.07 Å². The maximum atomic E-state index is 9.77. The van der Waals surface area contributed by atoms with Crippen LogP contribution in [0.4, 0.5) is 0 Å². The third-order valence-corrected chi connectivity index (χ3v) is 1.91. The Labute approximate surface area is 84.0 Å². The minimum atomic E-state index is -0.535. The van der Waals surface area contributed by atoms with Gasteiger partial charge in [-0.05, 0) is 12.3 Å². The van der Waals surface area contributed by atoms with E-state index in [-0.39, 0.29) is 0 Å². The smallest absolute Gasteiger partial charge is 0.216 e. The third kappa shape index (κ3) is 2.96. The second-order valence-electron chi connectivity index (χ2n) is 3.63. The number of ether oxygens (including phenoxy) is 1. The number of nitrogens with zero attached hydrogens (tertiary/aromatic N) is 2. The Kier molecular flexibility index (Phi) is 3.83. The first-order valence-electron chi connectivity index (χ1n) is 4.67. The van der Waals surface area contributed by atoms with Gasteiger partial charge in [0.15, 0.2) is 0 Å². The minimum Gasteiger partial charge on any atom is -0.481 e. The number of aromatic nitrogens is 2. The van der Waals surface area contributed by atoms with Gasteiger partial charge in [0.1, 0.15) is 6.33 Å². The lowest BCUT2D eigenvalue weighted by Gasteiger charge is -2.12. The van der Waals surface area contributed by atoms with Gasteiger partial charge in [-0.15, -0.1) is 0 Å². The number of aliphatic hydroxyl groups is 1. The number of methoxy groups -OCH3 is 1. The fourth-order valence-electron chi connectivity index (χ4n) is 1.21. The van der Waals surface area contributed by atoms with Crippen molar-refractivity contribution in [2.24, 2.45) is 5.92 Å². The van der Waals surface area contributed by atoms with Crippen molar-refractivity contribution in [1.29, 1.82) is 0 Å². The fourth-order valence-corrected chi connectivity index (χ4v) is 1.21. The minimum absolute atomic E-state index is 0.436. The van der Waals surface area contributed by atoms with Crippen LogP contribution in [0.3, 0.4) is 0 Å². The first-order valence-corrected chi connectivity index (χ1v) is 4.67. The summed E-state index contributed by atoms with van der Waals surface area (Å²) in [6, 6.07) is 1.66. The van der Waals surface area contributed by atoms with E-state index in [1.165, 1.54) is 6.33 Å². The molecule has 1 aromatic rings. The molecule has 0 radical (unpaired) electrons. The molecule has 1 heterocycles. The maximum Gasteiger partial charge on any atom is 0.216 e. The molecular formula is C10H16N2O2. The van der Waals surface area contributed by atoms with Gasteiger partial charge in [-0.3, -0.25) is 0 Å². The van der Waals surface area contributed by atoms with E-state index < -0.39 is 6.10 Å². The van der Waals surface area contributed by atoms with Crippen LogP contribution in [0.1, 0.15) is 32.1 Å². The summed E-state index contributed by atoms with van der Waals surface area (Å²) in [5, 5.41) is 9.77. The van der Waals surface area contributed by atoms with E-state index in [0.717, 1.165) is 0 Å². The maximum absolute atomic E-state index is 9.77. The molecular weight excluding hydrogens is 180 g/mol. The number of aliphatic hydroxyl groups excluding tert-OH is 1. The van der Waals surface area contributed by atoms with Gasteiger partial charge in [0.05, 0.1) is 18.9 Å². The van der Waals surface area contributed by atoms with Crippen molar-refractivity contribution in [3.63, 3.8) is 0 Å². The number of rotatable bonds is 4. The molecule has 1 unspecified atom stereocenters. The highest BCUT2D eigenvalue weighted by molar-refractivity contribution is 5.15. The van der Waals surface area contributed by atoms with E-state index in [4.69, 9.17) is 4.74 Å². The molecule has 0 saturated heterocycles. The average Bonchev–Trinajstić information content (AvgIpc) is 2.17.